The largest absolute Gasteiger partial charge is 0.370 e. The third-order valence-electron chi connectivity index (χ3n) is 3.44. The highest BCUT2D eigenvalue weighted by molar-refractivity contribution is 7.14. The van der Waals surface area contributed by atoms with Gasteiger partial charge in [0.2, 0.25) is 5.91 Å². The van der Waals surface area contributed by atoms with E-state index in [9.17, 15) is 4.79 Å². The normalized spacial score (nSPS) is 11.4. The second-order valence-electron chi connectivity index (χ2n) is 5.87. The lowest BCUT2D eigenvalue weighted by molar-refractivity contribution is -0.119. The van der Waals surface area contributed by atoms with Gasteiger partial charge in [0, 0.05) is 24.5 Å². The van der Waals surface area contributed by atoms with Crippen LogP contribution in [-0.2, 0) is 11.3 Å². The fourth-order valence-electron chi connectivity index (χ4n) is 2.20. The molecule has 8 nitrogen and oxygen atoms in total. The second kappa shape index (κ2) is 9.81. The highest BCUT2D eigenvalue weighted by atomic mass is 32.1. The van der Waals surface area contributed by atoms with Crippen LogP contribution in [0.1, 0.15) is 44.5 Å². The Bertz CT molecular complexity index is 772. The van der Waals surface area contributed by atoms with Crippen LogP contribution in [-0.4, -0.2) is 33.4 Å². The van der Waals surface area contributed by atoms with Gasteiger partial charge in [-0.1, -0.05) is 19.8 Å². The summed E-state index contributed by atoms with van der Waals surface area (Å²) in [6.07, 6.45) is 3.32. The molecule has 0 radical (unpaired) electrons. The smallest absolute Gasteiger partial charge is 0.217 e. The second-order valence-corrected chi connectivity index (χ2v) is 6.73. The number of carbonyl (C=O) groups is 1. The fraction of sp³-hybridized carbons (Fsp3) is 0.471. The lowest BCUT2D eigenvalue weighted by Gasteiger charge is -2.05. The molecule has 140 valence electrons. The van der Waals surface area contributed by atoms with Crippen molar-refractivity contribution < 1.29 is 4.79 Å². The van der Waals surface area contributed by atoms with Crippen molar-refractivity contribution >= 4 is 28.3 Å². The van der Waals surface area contributed by atoms with Gasteiger partial charge in [-0.25, -0.2) is 15.0 Å². The number of rotatable bonds is 8. The Hall–Kier alpha value is -2.55. The van der Waals surface area contributed by atoms with Crippen molar-refractivity contribution in [2.24, 2.45) is 10.7 Å². The Balaban J connectivity index is 2.05. The molecule has 0 saturated heterocycles. The van der Waals surface area contributed by atoms with Gasteiger partial charge in [0.25, 0.3) is 0 Å². The summed E-state index contributed by atoms with van der Waals surface area (Å²) in [4.78, 5) is 28.7. The number of aromatic nitrogens is 3. The first-order chi connectivity index (χ1) is 12.5. The summed E-state index contributed by atoms with van der Waals surface area (Å²) in [7, 11) is 0. The van der Waals surface area contributed by atoms with Gasteiger partial charge in [-0.3, -0.25) is 9.79 Å². The average molecular weight is 376 g/mol. The van der Waals surface area contributed by atoms with E-state index in [4.69, 9.17) is 5.73 Å². The highest BCUT2D eigenvalue weighted by Gasteiger charge is 2.10. The Labute approximate surface area is 157 Å². The number of hydrogen-bond donors (Lipinski definition) is 3. The quantitative estimate of drug-likeness (QED) is 0.370. The molecule has 26 heavy (non-hydrogen) atoms. The number of anilines is 1. The van der Waals surface area contributed by atoms with E-state index in [1.165, 1.54) is 18.3 Å². The first-order valence-corrected chi connectivity index (χ1v) is 9.47. The maximum absolute atomic E-state index is 11.1. The van der Waals surface area contributed by atoms with Crippen LogP contribution in [0.3, 0.4) is 0 Å². The van der Waals surface area contributed by atoms with Crippen LogP contribution in [0.5, 0.6) is 0 Å². The minimum Gasteiger partial charge on any atom is -0.370 e. The SMILES string of the molecule is CCCCCN=C(N)Nc1nc(-c2nc(C)cc(CNC(C)=O)n2)cs1. The molecule has 2 aromatic heterocycles. The fourth-order valence-corrected chi connectivity index (χ4v) is 2.89. The molecule has 2 rings (SSSR count). The molecule has 0 saturated carbocycles. The number of unbranched alkanes of at least 4 members (excludes halogenated alkanes) is 2. The summed E-state index contributed by atoms with van der Waals surface area (Å²) < 4.78 is 0. The molecule has 0 unspecified atom stereocenters. The van der Waals surface area contributed by atoms with Gasteiger partial charge < -0.3 is 16.4 Å². The minimum atomic E-state index is -0.100. The Kier molecular flexibility index (Phi) is 7.46. The predicted molar refractivity (Wildman–Crippen MR) is 105 cm³/mol. The van der Waals surface area contributed by atoms with E-state index in [0.29, 0.717) is 35.7 Å². The number of thiazole rings is 1. The third-order valence-corrected chi connectivity index (χ3v) is 4.20. The molecule has 4 N–H and O–H groups in total. The van der Waals surface area contributed by atoms with E-state index in [2.05, 4.69) is 37.5 Å². The number of nitrogens with two attached hydrogens (primary N) is 1. The summed E-state index contributed by atoms with van der Waals surface area (Å²) >= 11 is 1.41. The van der Waals surface area contributed by atoms with E-state index in [-0.39, 0.29) is 5.91 Å². The zero-order chi connectivity index (χ0) is 18.9. The molecular weight excluding hydrogens is 350 g/mol. The summed E-state index contributed by atoms with van der Waals surface area (Å²) in [5.74, 6) is 0.781. The molecule has 2 aromatic rings. The van der Waals surface area contributed by atoms with E-state index in [1.807, 2.05) is 18.4 Å². The molecule has 0 spiro atoms. The minimum absolute atomic E-state index is 0.100. The van der Waals surface area contributed by atoms with Crippen LogP contribution in [0, 0.1) is 6.92 Å². The van der Waals surface area contributed by atoms with Gasteiger partial charge in [0.05, 0.1) is 12.2 Å². The summed E-state index contributed by atoms with van der Waals surface area (Å²) in [5, 5.41) is 8.25. The predicted octanol–water partition coefficient (Wildman–Crippen LogP) is 2.46. The molecule has 0 aliphatic rings. The zero-order valence-corrected chi connectivity index (χ0v) is 16.2. The van der Waals surface area contributed by atoms with Gasteiger partial charge in [0.1, 0.15) is 5.69 Å². The number of hydrogen-bond acceptors (Lipinski definition) is 6. The monoisotopic (exact) mass is 375 g/mol. The molecule has 0 fully saturated rings. The van der Waals surface area contributed by atoms with Crippen LogP contribution in [0.4, 0.5) is 5.13 Å². The van der Waals surface area contributed by atoms with Crippen LogP contribution < -0.4 is 16.4 Å². The molecule has 0 bridgehead atoms. The van der Waals surface area contributed by atoms with E-state index in [0.717, 1.165) is 30.7 Å². The van der Waals surface area contributed by atoms with E-state index in [1.54, 1.807) is 0 Å². The van der Waals surface area contributed by atoms with Crippen LogP contribution in [0.25, 0.3) is 11.5 Å². The Morgan fingerprint density at radius 1 is 1.31 bits per heavy atom. The van der Waals surface area contributed by atoms with Gasteiger partial charge in [-0.2, -0.15) is 0 Å². The first kappa shape index (κ1) is 19.8. The topological polar surface area (TPSA) is 118 Å². The lowest BCUT2D eigenvalue weighted by atomic mass is 10.2. The van der Waals surface area contributed by atoms with E-state index < -0.39 is 0 Å². The lowest BCUT2D eigenvalue weighted by Crippen LogP contribution is -2.22. The molecule has 0 aliphatic carbocycles. The standard InChI is InChI=1S/C17H25N7OS/c1-4-5-6-7-19-16(18)24-17-23-14(10-26-17)15-21-11(2)8-13(22-15)9-20-12(3)25/h8,10H,4-7,9H2,1-3H3,(H,20,25)(H3,18,19,23,24). The van der Waals surface area contributed by atoms with Crippen LogP contribution in [0.15, 0.2) is 16.4 Å². The summed E-state index contributed by atoms with van der Waals surface area (Å²) in [5.41, 5.74) is 8.10. The number of nitrogens with zero attached hydrogens (tertiary/aromatic N) is 4. The number of nitrogens with one attached hydrogen (secondary N) is 2. The first-order valence-electron chi connectivity index (χ1n) is 8.59. The van der Waals surface area contributed by atoms with Crippen molar-refractivity contribution in [1.82, 2.24) is 20.3 Å². The Morgan fingerprint density at radius 3 is 2.85 bits per heavy atom. The van der Waals surface area contributed by atoms with Crippen LogP contribution in [0.2, 0.25) is 0 Å². The summed E-state index contributed by atoms with van der Waals surface area (Å²) in [6.45, 7) is 6.57. The molecule has 0 atom stereocenters. The van der Waals surface area contributed by atoms with Crippen LogP contribution >= 0.6 is 11.3 Å². The molecule has 2 heterocycles. The Morgan fingerprint density at radius 2 is 2.12 bits per heavy atom. The summed E-state index contributed by atoms with van der Waals surface area (Å²) in [6, 6.07) is 1.84. The van der Waals surface area contributed by atoms with Crippen molar-refractivity contribution in [2.75, 3.05) is 11.9 Å². The molecule has 1 amide bonds. The van der Waals surface area contributed by atoms with Gasteiger partial charge in [0.15, 0.2) is 16.9 Å². The molecule has 0 aliphatic heterocycles. The highest BCUT2D eigenvalue weighted by Crippen LogP contribution is 2.22. The number of guanidine groups is 1. The molecular formula is C17H25N7OS. The third kappa shape index (κ3) is 6.40. The van der Waals surface area contributed by atoms with Crippen molar-refractivity contribution in [1.29, 1.82) is 0 Å². The maximum atomic E-state index is 11.1. The van der Waals surface area contributed by atoms with Gasteiger partial charge in [-0.05, 0) is 19.4 Å². The number of carbonyl (C=O) groups excluding carboxylic acids is 1. The number of aryl methyl sites for hydroxylation is 1. The molecule has 9 heteroatoms. The zero-order valence-electron chi connectivity index (χ0n) is 15.4. The average Bonchev–Trinajstić information content (AvgIpc) is 3.05. The van der Waals surface area contributed by atoms with Crippen molar-refractivity contribution in [3.8, 4) is 11.5 Å². The number of amides is 1. The van der Waals surface area contributed by atoms with Crippen molar-refractivity contribution in [2.45, 2.75) is 46.6 Å². The van der Waals surface area contributed by atoms with Crippen molar-refractivity contribution in [3.63, 3.8) is 0 Å². The van der Waals surface area contributed by atoms with E-state index >= 15 is 0 Å². The maximum Gasteiger partial charge on any atom is 0.217 e. The molecule has 0 aromatic carbocycles. The van der Waals surface area contributed by atoms with Crippen molar-refractivity contribution in [3.05, 3.63) is 22.8 Å². The van der Waals surface area contributed by atoms with Gasteiger partial charge >= 0.3 is 0 Å². The van der Waals surface area contributed by atoms with Gasteiger partial charge in [-0.15, -0.1) is 11.3 Å². The number of aliphatic imine (C=N–C) groups is 1.